The van der Waals surface area contributed by atoms with Crippen molar-refractivity contribution < 1.29 is 23.2 Å². The number of hydrogen-bond acceptors (Lipinski definition) is 3. The van der Waals surface area contributed by atoms with E-state index in [9.17, 15) is 9.13 Å². The lowest BCUT2D eigenvalue weighted by molar-refractivity contribution is 0.342. The summed E-state index contributed by atoms with van der Waals surface area (Å²) < 4.78 is 23.7. The summed E-state index contributed by atoms with van der Waals surface area (Å²) in [6.45, 7) is 0. The smallest absolute Gasteiger partial charge is 0.310 e. The summed E-state index contributed by atoms with van der Waals surface area (Å²) in [4.78, 5) is 16.3. The van der Waals surface area contributed by atoms with Crippen LogP contribution in [0.4, 0.5) is 0 Å². The zero-order valence-corrected chi connectivity index (χ0v) is 6.30. The highest BCUT2D eigenvalue weighted by Gasteiger charge is 2.30. The van der Waals surface area contributed by atoms with Crippen molar-refractivity contribution in [1.82, 2.24) is 5.09 Å². The fraction of sp³-hybridized carbons (Fsp3) is 1.00. The van der Waals surface area contributed by atoms with Gasteiger partial charge in [-0.15, -0.1) is 4.89 Å². The molecule has 0 aliphatic heterocycles. The van der Waals surface area contributed by atoms with Crippen molar-refractivity contribution in [1.29, 1.82) is 0 Å². The van der Waals surface area contributed by atoms with Gasteiger partial charge in [0.1, 0.15) is 0 Å². The average Bonchev–Trinajstić information content (AvgIpc) is 1.63. The van der Waals surface area contributed by atoms with E-state index in [4.69, 9.17) is 9.79 Å². The second-order valence-electron chi connectivity index (χ2n) is 1.06. The third-order valence-corrected chi connectivity index (χ3v) is 2.47. The molecule has 0 aromatic heterocycles. The van der Waals surface area contributed by atoms with E-state index in [0.717, 1.165) is 7.05 Å². The molecule has 0 aromatic carbocycles. The number of nitrogens with one attached hydrogen (secondary N) is 1. The van der Waals surface area contributed by atoms with Crippen molar-refractivity contribution in [2.75, 3.05) is 7.05 Å². The molecule has 0 radical (unpaired) electrons. The van der Waals surface area contributed by atoms with Crippen molar-refractivity contribution in [3.8, 4) is 0 Å². The van der Waals surface area contributed by atoms with Gasteiger partial charge in [-0.25, -0.2) is 9.65 Å². The van der Waals surface area contributed by atoms with Gasteiger partial charge in [-0.1, -0.05) is 7.43 Å². The number of hydrogen-bond donors (Lipinski definition) is 3. The van der Waals surface area contributed by atoms with Gasteiger partial charge in [-0.2, -0.15) is 0 Å². The Bertz CT molecular complexity index is 158. The maximum Gasteiger partial charge on any atom is 0.704 e. The van der Waals surface area contributed by atoms with E-state index < -0.39 is 16.0 Å². The largest absolute Gasteiger partial charge is 0.704 e. The van der Waals surface area contributed by atoms with E-state index in [1.807, 2.05) is 5.09 Å². The van der Waals surface area contributed by atoms with Crippen molar-refractivity contribution in [2.45, 2.75) is 7.43 Å². The van der Waals surface area contributed by atoms with Gasteiger partial charge in [-0.05, 0) is 11.4 Å². The van der Waals surface area contributed by atoms with Crippen LogP contribution >= 0.6 is 16.0 Å². The lowest BCUT2D eigenvalue weighted by atomic mass is 11.6. The Kier molecular flexibility index (Phi) is 6.29. The monoisotopic (exact) mass is 190 g/mol. The molecule has 2 unspecified atom stereocenters. The van der Waals surface area contributed by atoms with Crippen molar-refractivity contribution >= 4 is 16.0 Å². The predicted octanol–water partition coefficient (Wildman–Crippen LogP) is 0.609. The van der Waals surface area contributed by atoms with Gasteiger partial charge in [0.2, 0.25) is 0 Å². The molecule has 3 N–H and O–H groups in total. The zero-order valence-electron chi connectivity index (χ0n) is 4.51. The summed E-state index contributed by atoms with van der Waals surface area (Å²) in [5.74, 6) is 0. The molecule has 0 amide bonds. The molecular formula is C2H10NO5P2+. The molecule has 0 fully saturated rings. The normalized spacial score (nSPS) is 16.9. The Balaban J connectivity index is 0. The second kappa shape index (κ2) is 4.91. The first-order chi connectivity index (χ1) is 3.98. The summed E-state index contributed by atoms with van der Waals surface area (Å²) in [5.41, 5.74) is 0. The van der Waals surface area contributed by atoms with Gasteiger partial charge in [0.15, 0.2) is 0 Å². The minimum Gasteiger partial charge on any atom is -0.310 e. The van der Waals surface area contributed by atoms with Gasteiger partial charge in [0.05, 0.1) is 0 Å². The van der Waals surface area contributed by atoms with E-state index in [1.165, 1.54) is 0 Å². The Labute approximate surface area is 59.8 Å². The summed E-state index contributed by atoms with van der Waals surface area (Å²) in [7, 11) is -5.89. The summed E-state index contributed by atoms with van der Waals surface area (Å²) >= 11 is 0. The highest BCUT2D eigenvalue weighted by Crippen LogP contribution is 2.44. The molecule has 0 rings (SSSR count). The molecule has 0 saturated carbocycles. The van der Waals surface area contributed by atoms with Crippen LogP contribution in [0.1, 0.15) is 7.43 Å². The van der Waals surface area contributed by atoms with Gasteiger partial charge in [0.25, 0.3) is 0 Å². The first-order valence-electron chi connectivity index (χ1n) is 1.85. The fourth-order valence-electron chi connectivity index (χ4n) is 0.136. The molecule has 0 saturated heterocycles. The summed E-state index contributed by atoms with van der Waals surface area (Å²) in [6, 6.07) is 0. The van der Waals surface area contributed by atoms with Crippen LogP contribution in [0.2, 0.25) is 0 Å². The standard InChI is InChI=1S/CH5NO5P2.CH4/c1-2-9(5,6)7-8(3)4;/h1H3,(H2-,2,3,4,5,6);1H4/p+1. The van der Waals surface area contributed by atoms with Crippen LogP contribution in [-0.2, 0) is 13.4 Å². The Morgan fingerprint density at radius 3 is 2.20 bits per heavy atom. The van der Waals surface area contributed by atoms with E-state index in [0.29, 0.717) is 0 Å². The van der Waals surface area contributed by atoms with E-state index in [1.54, 1.807) is 0 Å². The second-order valence-corrected chi connectivity index (χ2v) is 3.68. The maximum absolute atomic E-state index is 10.3. The van der Waals surface area contributed by atoms with Crippen molar-refractivity contribution in [2.24, 2.45) is 0 Å². The summed E-state index contributed by atoms with van der Waals surface area (Å²) in [5, 5.41) is 1.82. The van der Waals surface area contributed by atoms with E-state index in [-0.39, 0.29) is 7.43 Å². The van der Waals surface area contributed by atoms with E-state index in [2.05, 4.69) is 4.31 Å². The Morgan fingerprint density at radius 2 is 2.10 bits per heavy atom. The predicted molar refractivity (Wildman–Crippen MR) is 36.5 cm³/mol. The third-order valence-electron chi connectivity index (χ3n) is 0.463. The molecule has 0 spiro atoms. The molecule has 0 aliphatic rings. The van der Waals surface area contributed by atoms with Gasteiger partial charge < -0.3 is 4.89 Å². The van der Waals surface area contributed by atoms with Crippen LogP contribution in [-0.4, -0.2) is 16.8 Å². The molecule has 0 bridgehead atoms. The SMILES string of the molecule is C.CNP(=O)(O)O[P+](=O)O. The van der Waals surface area contributed by atoms with Gasteiger partial charge in [-0.3, -0.25) is 0 Å². The first-order valence-corrected chi connectivity index (χ1v) is 4.56. The molecule has 0 aliphatic carbocycles. The maximum atomic E-state index is 10.3. The van der Waals surface area contributed by atoms with Crippen LogP contribution in [0, 0.1) is 0 Å². The van der Waals surface area contributed by atoms with Crippen molar-refractivity contribution in [3.05, 3.63) is 0 Å². The molecule has 62 valence electrons. The third kappa shape index (κ3) is 6.29. The minimum absolute atomic E-state index is 0. The molecular weight excluding hydrogens is 180 g/mol. The Morgan fingerprint density at radius 1 is 1.70 bits per heavy atom. The van der Waals surface area contributed by atoms with Crippen LogP contribution in [0.15, 0.2) is 0 Å². The average molecular weight is 190 g/mol. The molecule has 8 heteroatoms. The topological polar surface area (TPSA) is 95.9 Å². The van der Waals surface area contributed by atoms with Crippen LogP contribution in [0.25, 0.3) is 0 Å². The van der Waals surface area contributed by atoms with Crippen LogP contribution < -0.4 is 5.09 Å². The van der Waals surface area contributed by atoms with Crippen molar-refractivity contribution in [3.63, 3.8) is 0 Å². The van der Waals surface area contributed by atoms with Crippen LogP contribution in [0.5, 0.6) is 0 Å². The molecule has 6 nitrogen and oxygen atoms in total. The summed E-state index contributed by atoms with van der Waals surface area (Å²) in [6.07, 6.45) is 0. The zero-order chi connectivity index (χ0) is 7.49. The lowest BCUT2D eigenvalue weighted by Gasteiger charge is -1.96. The highest BCUT2D eigenvalue weighted by molar-refractivity contribution is 7.57. The molecule has 2 atom stereocenters. The lowest BCUT2D eigenvalue weighted by Crippen LogP contribution is -2.01. The van der Waals surface area contributed by atoms with Crippen LogP contribution in [0.3, 0.4) is 0 Å². The number of rotatable bonds is 3. The van der Waals surface area contributed by atoms with E-state index >= 15 is 0 Å². The first kappa shape index (κ1) is 12.8. The molecule has 10 heavy (non-hydrogen) atoms. The highest BCUT2D eigenvalue weighted by atomic mass is 31.2. The van der Waals surface area contributed by atoms with Gasteiger partial charge >= 0.3 is 16.0 Å². The molecule has 0 heterocycles. The fourth-order valence-corrected chi connectivity index (χ4v) is 1.22. The van der Waals surface area contributed by atoms with Gasteiger partial charge in [0, 0.05) is 4.57 Å². The Hall–Kier alpha value is 0.170. The quantitative estimate of drug-likeness (QED) is 0.564. The molecule has 0 aromatic rings. The minimum atomic E-state index is -4.01.